The number of aromatic hydroxyl groups is 1. The Morgan fingerprint density at radius 1 is 0.891 bits per heavy atom. The summed E-state index contributed by atoms with van der Waals surface area (Å²) in [5.41, 5.74) is 3.49. The van der Waals surface area contributed by atoms with Crippen LogP contribution >= 0.6 is 0 Å². The minimum atomic E-state index is -0.981. The van der Waals surface area contributed by atoms with Crippen LogP contribution in [-0.4, -0.2) is 126 Å². The predicted molar refractivity (Wildman–Crippen MR) is 177 cm³/mol. The Kier molecular flexibility index (Phi) is 10.0. The quantitative estimate of drug-likeness (QED) is 0.415. The van der Waals surface area contributed by atoms with E-state index in [0.29, 0.717) is 57.1 Å². The summed E-state index contributed by atoms with van der Waals surface area (Å²) in [4.78, 5) is 48.3. The number of para-hydroxylation sites is 1. The van der Waals surface area contributed by atoms with E-state index in [1.165, 1.54) is 0 Å². The van der Waals surface area contributed by atoms with Gasteiger partial charge in [-0.3, -0.25) is 4.79 Å². The van der Waals surface area contributed by atoms with Crippen molar-refractivity contribution < 1.29 is 29.3 Å². The van der Waals surface area contributed by atoms with Crippen molar-refractivity contribution in [1.82, 2.24) is 19.6 Å². The third-order valence-electron chi connectivity index (χ3n) is 10.3. The summed E-state index contributed by atoms with van der Waals surface area (Å²) < 4.78 is 6.00. The highest BCUT2D eigenvalue weighted by atomic mass is 16.6. The summed E-state index contributed by atoms with van der Waals surface area (Å²) in [6.45, 7) is 4.46. The number of ether oxygens (including phenoxy) is 1. The van der Waals surface area contributed by atoms with E-state index in [1.54, 1.807) is 24.9 Å². The molecule has 0 spiro atoms. The Hall–Kier alpha value is -3.77. The number of carbonyl (C=O) groups excluding carboxylic acids is 3. The van der Waals surface area contributed by atoms with E-state index < -0.39 is 12.2 Å². The zero-order chi connectivity index (χ0) is 32.2. The number of aliphatic hydroxyl groups excluding tert-OH is 1. The number of phenolic OH excluding ortho intramolecular Hbond substituents is 1. The molecular formula is C34H46BN5O6. The van der Waals surface area contributed by atoms with E-state index in [-0.39, 0.29) is 36.3 Å². The average Bonchev–Trinajstić information content (AvgIpc) is 3.24. The summed E-state index contributed by atoms with van der Waals surface area (Å²) >= 11 is 0. The van der Waals surface area contributed by atoms with Crippen molar-refractivity contribution in [2.24, 2.45) is 0 Å². The fourth-order valence-electron chi connectivity index (χ4n) is 7.44. The van der Waals surface area contributed by atoms with Gasteiger partial charge in [0.15, 0.2) is 6.10 Å². The highest BCUT2D eigenvalue weighted by Crippen LogP contribution is 2.26. The van der Waals surface area contributed by atoms with E-state index in [4.69, 9.17) is 4.74 Å². The number of aliphatic hydroxyl groups is 1. The van der Waals surface area contributed by atoms with Crippen molar-refractivity contribution in [3.05, 3.63) is 53.6 Å². The van der Waals surface area contributed by atoms with Crippen LogP contribution in [0, 0.1) is 0 Å². The fourth-order valence-corrected chi connectivity index (χ4v) is 7.44. The molecule has 1 atom stereocenters. The number of urea groups is 1. The Bertz CT molecular complexity index is 1400. The molecule has 4 aliphatic heterocycles. The standard InChI is InChI=1S/C34H46BN5O6/c35-28-21-23(5-6-30(28)42)22-31(32(43)38-14-8-25(9-15-38)37-18-12-27(41)13-19-37)46-34(45)39-16-10-26(11-17-39)40-20-7-24-3-1-2-4-29(24)36-33(40)44/h1-6,21,25-27,31,41-42H,7-20,22,35H2,(H,36,44)/t31-/m1/s1. The number of benzene rings is 2. The van der Waals surface area contributed by atoms with Crippen molar-refractivity contribution in [2.75, 3.05) is 51.1 Å². The largest absolute Gasteiger partial charge is 0.509 e. The van der Waals surface area contributed by atoms with Crippen molar-refractivity contribution in [3.8, 4) is 5.75 Å². The molecule has 0 unspecified atom stereocenters. The average molecular weight is 632 g/mol. The lowest BCUT2D eigenvalue weighted by Crippen LogP contribution is -2.53. The minimum Gasteiger partial charge on any atom is -0.509 e. The number of hydrogen-bond donors (Lipinski definition) is 3. The first-order valence-corrected chi connectivity index (χ1v) is 16.9. The van der Waals surface area contributed by atoms with E-state index in [9.17, 15) is 24.6 Å². The van der Waals surface area contributed by atoms with Crippen molar-refractivity contribution >= 4 is 37.0 Å². The number of nitrogens with zero attached hydrogens (tertiary/aromatic N) is 4. The Morgan fingerprint density at radius 2 is 1.57 bits per heavy atom. The highest BCUT2D eigenvalue weighted by Gasteiger charge is 2.36. The number of likely N-dealkylation sites (tertiary alicyclic amines) is 3. The van der Waals surface area contributed by atoms with Gasteiger partial charge in [0, 0.05) is 70.0 Å². The molecule has 3 fully saturated rings. The van der Waals surface area contributed by atoms with Crippen LogP contribution in [0.3, 0.4) is 0 Å². The maximum atomic E-state index is 13.9. The van der Waals surface area contributed by atoms with E-state index >= 15 is 0 Å². The van der Waals surface area contributed by atoms with Crippen LogP contribution in [0.1, 0.15) is 49.7 Å². The third-order valence-corrected chi connectivity index (χ3v) is 10.3. The number of amides is 4. The summed E-state index contributed by atoms with van der Waals surface area (Å²) in [5.74, 6) is -0.0111. The zero-order valence-corrected chi connectivity index (χ0v) is 26.8. The highest BCUT2D eigenvalue weighted by molar-refractivity contribution is 6.34. The summed E-state index contributed by atoms with van der Waals surface area (Å²) in [7, 11) is 1.81. The van der Waals surface area contributed by atoms with E-state index in [0.717, 1.165) is 62.0 Å². The number of anilines is 1. The van der Waals surface area contributed by atoms with Crippen LogP contribution in [0.15, 0.2) is 42.5 Å². The third kappa shape index (κ3) is 7.44. The number of piperidine rings is 3. The molecule has 0 aromatic heterocycles. The maximum Gasteiger partial charge on any atom is 0.410 e. The first-order valence-electron chi connectivity index (χ1n) is 16.9. The molecule has 2 aromatic carbocycles. The second-order valence-corrected chi connectivity index (χ2v) is 13.3. The second-order valence-electron chi connectivity index (χ2n) is 13.3. The zero-order valence-electron chi connectivity index (χ0n) is 26.8. The van der Waals surface area contributed by atoms with Gasteiger partial charge < -0.3 is 39.9 Å². The molecule has 2 aromatic rings. The lowest BCUT2D eigenvalue weighted by atomic mass is 9.91. The van der Waals surface area contributed by atoms with Gasteiger partial charge in [-0.25, -0.2) is 9.59 Å². The van der Waals surface area contributed by atoms with Crippen LogP contribution < -0.4 is 10.8 Å². The fraction of sp³-hybridized carbons (Fsp3) is 0.559. The van der Waals surface area contributed by atoms with Gasteiger partial charge in [0.25, 0.3) is 5.91 Å². The lowest BCUT2D eigenvalue weighted by Gasteiger charge is -2.41. The van der Waals surface area contributed by atoms with Crippen molar-refractivity contribution in [2.45, 2.75) is 75.7 Å². The van der Waals surface area contributed by atoms with E-state index in [1.807, 2.05) is 40.1 Å². The molecular weight excluding hydrogens is 585 g/mol. The molecule has 0 radical (unpaired) electrons. The first-order chi connectivity index (χ1) is 22.2. The molecule has 6 rings (SSSR count). The van der Waals surface area contributed by atoms with E-state index in [2.05, 4.69) is 10.2 Å². The number of rotatable bonds is 6. The number of hydrogen-bond acceptors (Lipinski definition) is 7. The second kappa shape index (κ2) is 14.3. The van der Waals surface area contributed by atoms with Gasteiger partial charge in [0.2, 0.25) is 0 Å². The molecule has 11 nitrogen and oxygen atoms in total. The maximum absolute atomic E-state index is 13.9. The van der Waals surface area contributed by atoms with Crippen LogP contribution in [0.4, 0.5) is 15.3 Å². The number of carbonyl (C=O) groups is 3. The summed E-state index contributed by atoms with van der Waals surface area (Å²) in [5, 5.41) is 23.0. The normalized spacial score (nSPS) is 21.3. The molecule has 46 heavy (non-hydrogen) atoms. The SMILES string of the molecule is Bc1cc(C[C@@H](OC(=O)N2CCC(N3CCc4ccccc4NC3=O)CC2)C(=O)N2CCC(N3CCC(O)CC3)CC2)ccc1O. The van der Waals surface area contributed by atoms with Crippen LogP contribution in [0.2, 0.25) is 0 Å². The lowest BCUT2D eigenvalue weighted by molar-refractivity contribution is -0.142. The minimum absolute atomic E-state index is 0.0141. The molecule has 0 bridgehead atoms. The Labute approximate surface area is 271 Å². The molecule has 246 valence electrons. The Morgan fingerprint density at radius 3 is 2.28 bits per heavy atom. The number of nitrogens with one attached hydrogen (secondary N) is 1. The molecule has 4 heterocycles. The molecule has 0 aliphatic carbocycles. The van der Waals surface area contributed by atoms with Crippen LogP contribution in [0.5, 0.6) is 5.75 Å². The van der Waals surface area contributed by atoms with Crippen molar-refractivity contribution in [1.29, 1.82) is 0 Å². The molecule has 3 saturated heterocycles. The van der Waals surface area contributed by atoms with Gasteiger partial charge in [-0.05, 0) is 73.7 Å². The first kappa shape index (κ1) is 32.2. The number of phenols is 1. The van der Waals surface area contributed by atoms with Crippen LogP contribution in [0.25, 0.3) is 0 Å². The van der Waals surface area contributed by atoms with Gasteiger partial charge in [0.1, 0.15) is 13.6 Å². The number of fused-ring (bicyclic) bond motifs is 1. The van der Waals surface area contributed by atoms with Gasteiger partial charge in [-0.15, -0.1) is 0 Å². The Balaban J connectivity index is 1.07. The summed E-state index contributed by atoms with van der Waals surface area (Å²) in [6.07, 6.45) is 3.84. The van der Waals surface area contributed by atoms with Gasteiger partial charge in [0.05, 0.1) is 6.10 Å². The van der Waals surface area contributed by atoms with Gasteiger partial charge in [-0.1, -0.05) is 30.3 Å². The molecule has 4 amide bonds. The van der Waals surface area contributed by atoms with Gasteiger partial charge in [-0.2, -0.15) is 0 Å². The van der Waals surface area contributed by atoms with Crippen LogP contribution in [-0.2, 0) is 22.4 Å². The molecule has 0 saturated carbocycles. The topological polar surface area (TPSA) is 126 Å². The predicted octanol–water partition coefficient (Wildman–Crippen LogP) is 1.70. The van der Waals surface area contributed by atoms with Crippen molar-refractivity contribution in [3.63, 3.8) is 0 Å². The molecule has 3 N–H and O–H groups in total. The summed E-state index contributed by atoms with van der Waals surface area (Å²) in [6, 6.07) is 13.4. The molecule has 12 heteroatoms. The van der Waals surface area contributed by atoms with Gasteiger partial charge >= 0.3 is 12.1 Å². The molecule has 4 aliphatic rings. The monoisotopic (exact) mass is 631 g/mol. The smallest absolute Gasteiger partial charge is 0.410 e.